The van der Waals surface area contributed by atoms with Crippen molar-refractivity contribution in [1.82, 2.24) is 0 Å². The topological polar surface area (TPSA) is 210 Å². The summed E-state index contributed by atoms with van der Waals surface area (Å²) in [5, 5.41) is 0. The van der Waals surface area contributed by atoms with Gasteiger partial charge in [0.15, 0.2) is 0 Å². The Kier molecular flexibility index (Phi) is 20.8. The first-order chi connectivity index (χ1) is 28.7. The minimum atomic E-state index is -0.650. The highest BCUT2D eigenvalue weighted by Crippen LogP contribution is 2.31. The van der Waals surface area contributed by atoms with Gasteiger partial charge in [-0.15, -0.1) is 0 Å². The lowest BCUT2D eigenvalue weighted by Gasteiger charge is -2.25. The van der Waals surface area contributed by atoms with E-state index in [1.165, 1.54) is 0 Å². The van der Waals surface area contributed by atoms with Crippen LogP contribution in [0.5, 0.6) is 11.5 Å². The van der Waals surface area contributed by atoms with E-state index in [2.05, 4.69) is 13.2 Å². The van der Waals surface area contributed by atoms with E-state index in [4.69, 9.17) is 37.9 Å². The minimum Gasteiger partial charge on any atom is -0.465 e. The number of esters is 8. The maximum atomic E-state index is 12.9. The summed E-state index contributed by atoms with van der Waals surface area (Å²) < 4.78 is 41.3. The Hall–Kier alpha value is -6.32. The highest BCUT2D eigenvalue weighted by Gasteiger charge is 2.32. The molecule has 1 aliphatic carbocycles. The molecule has 0 aliphatic heterocycles. The van der Waals surface area contributed by atoms with Gasteiger partial charge in [-0.25, -0.2) is 9.59 Å². The van der Waals surface area contributed by atoms with Crippen molar-refractivity contribution in [3.05, 3.63) is 85.0 Å². The molecule has 0 amide bonds. The van der Waals surface area contributed by atoms with Gasteiger partial charge in [-0.2, -0.15) is 0 Å². The molecule has 0 bridgehead atoms. The van der Waals surface area contributed by atoms with Crippen molar-refractivity contribution in [3.8, 4) is 11.5 Å². The van der Waals surface area contributed by atoms with E-state index >= 15 is 0 Å². The summed E-state index contributed by atoms with van der Waals surface area (Å²) in [5.41, 5.74) is 1.68. The Morgan fingerprint density at radius 3 is 1.17 bits per heavy atom. The lowest BCUT2D eigenvalue weighted by Crippen LogP contribution is -2.30. The van der Waals surface area contributed by atoms with Gasteiger partial charge in [0.05, 0.1) is 50.7 Å². The van der Waals surface area contributed by atoms with E-state index < -0.39 is 48.0 Å². The fraction of sp³-hybridized carbons (Fsp3) is 0.455. The Balaban J connectivity index is 1.26. The molecule has 0 heterocycles. The van der Waals surface area contributed by atoms with Gasteiger partial charge in [0, 0.05) is 25.0 Å². The predicted octanol–water partition coefficient (Wildman–Crippen LogP) is 5.06. The van der Waals surface area contributed by atoms with Crippen LogP contribution in [0.1, 0.15) is 76.3 Å². The van der Waals surface area contributed by atoms with Crippen LogP contribution in [0, 0.1) is 11.8 Å². The summed E-state index contributed by atoms with van der Waals surface area (Å²) in [4.78, 5) is 95.8. The van der Waals surface area contributed by atoms with Crippen LogP contribution >= 0.6 is 0 Å². The standard InChI is InChI=1S/C44H52O16/c1-5-37(45)57-29(3)27-55-41(49)21-19-39(47)53-25-23-31-7-15-35(16-8-31)59-43(51)33-11-13-34(14-12-33)44(52)60-36-17-9-32(10-18-36)24-26-54-40(48)20-22-42(50)56-28-30(4)58-38(46)6-2/h5-10,15-18,29-30,33-34H,1-2,11-14,19-28H2,3-4H3/t29-,30-,33?,34?/m0/s1. The molecule has 1 saturated carbocycles. The third-order valence-electron chi connectivity index (χ3n) is 8.98. The van der Waals surface area contributed by atoms with Gasteiger partial charge < -0.3 is 37.9 Å². The van der Waals surface area contributed by atoms with E-state index in [9.17, 15) is 38.4 Å². The fourth-order valence-electron chi connectivity index (χ4n) is 5.66. The summed E-state index contributed by atoms with van der Waals surface area (Å²) in [6.07, 6.45) is 2.70. The zero-order valence-corrected chi connectivity index (χ0v) is 33.9. The van der Waals surface area contributed by atoms with Crippen molar-refractivity contribution in [2.75, 3.05) is 26.4 Å². The molecule has 0 N–H and O–H groups in total. The largest absolute Gasteiger partial charge is 0.465 e. The number of carbonyl (C=O) groups is 8. The second-order valence-corrected chi connectivity index (χ2v) is 13.9. The molecule has 16 nitrogen and oxygen atoms in total. The van der Waals surface area contributed by atoms with Gasteiger partial charge >= 0.3 is 47.8 Å². The number of carbonyl (C=O) groups excluding carboxylic acids is 8. The molecule has 1 fully saturated rings. The highest BCUT2D eigenvalue weighted by atomic mass is 16.6. The SMILES string of the molecule is C=CC(=O)O[C@@H](C)COC(=O)CCC(=O)OCCc1ccc(OC(=O)C2CCC(C(=O)Oc3ccc(CCOC(=O)CCC(=O)OC[C@H](C)OC(=O)C=C)cc3)CC2)cc1. The Labute approximate surface area is 348 Å². The molecular weight excluding hydrogens is 784 g/mol. The van der Waals surface area contributed by atoms with Crippen LogP contribution in [0.3, 0.4) is 0 Å². The van der Waals surface area contributed by atoms with E-state index in [1.54, 1.807) is 62.4 Å². The quantitative estimate of drug-likeness (QED) is 0.0586. The normalized spacial score (nSPS) is 15.4. The summed E-state index contributed by atoms with van der Waals surface area (Å²) in [6, 6.07) is 13.6. The average molecular weight is 837 g/mol. The Morgan fingerprint density at radius 2 is 0.850 bits per heavy atom. The molecule has 1 aliphatic rings. The maximum Gasteiger partial charge on any atom is 0.330 e. The van der Waals surface area contributed by atoms with Crippen molar-refractivity contribution in [2.45, 2.75) is 90.3 Å². The molecule has 3 rings (SSSR count). The van der Waals surface area contributed by atoms with Crippen LogP contribution < -0.4 is 9.47 Å². The first-order valence-electron chi connectivity index (χ1n) is 19.6. The number of benzene rings is 2. The molecule has 2 atom stereocenters. The molecule has 2 aromatic rings. The van der Waals surface area contributed by atoms with Crippen LogP contribution in [-0.2, 0) is 79.6 Å². The molecular formula is C44H52O16. The van der Waals surface area contributed by atoms with Crippen LogP contribution in [0.2, 0.25) is 0 Å². The lowest BCUT2D eigenvalue weighted by atomic mass is 9.82. The molecule has 60 heavy (non-hydrogen) atoms. The smallest absolute Gasteiger partial charge is 0.330 e. The molecule has 324 valence electrons. The third-order valence-corrected chi connectivity index (χ3v) is 8.98. The number of hydrogen-bond acceptors (Lipinski definition) is 16. The van der Waals surface area contributed by atoms with Crippen LogP contribution in [0.25, 0.3) is 0 Å². The van der Waals surface area contributed by atoms with Crippen LogP contribution in [-0.4, -0.2) is 86.4 Å². The van der Waals surface area contributed by atoms with Crippen molar-refractivity contribution >= 4 is 47.8 Å². The molecule has 0 aromatic heterocycles. The average Bonchev–Trinajstić information content (AvgIpc) is 3.24. The Morgan fingerprint density at radius 1 is 0.533 bits per heavy atom. The van der Waals surface area contributed by atoms with Crippen molar-refractivity contribution in [3.63, 3.8) is 0 Å². The second-order valence-electron chi connectivity index (χ2n) is 13.9. The zero-order valence-electron chi connectivity index (χ0n) is 33.9. The van der Waals surface area contributed by atoms with Crippen LogP contribution in [0.4, 0.5) is 0 Å². The van der Waals surface area contributed by atoms with Crippen molar-refractivity contribution < 1.29 is 76.3 Å². The molecule has 0 unspecified atom stereocenters. The zero-order chi connectivity index (χ0) is 43.9. The number of hydrogen-bond donors (Lipinski definition) is 0. The van der Waals surface area contributed by atoms with Gasteiger partial charge in [0.2, 0.25) is 0 Å². The molecule has 16 heteroatoms. The first-order valence-corrected chi connectivity index (χ1v) is 19.6. The summed E-state index contributed by atoms with van der Waals surface area (Å²) in [7, 11) is 0. The molecule has 2 aromatic carbocycles. The second kappa shape index (κ2) is 25.9. The van der Waals surface area contributed by atoms with Crippen molar-refractivity contribution in [2.24, 2.45) is 11.8 Å². The van der Waals surface area contributed by atoms with Gasteiger partial charge in [0.25, 0.3) is 0 Å². The van der Waals surface area contributed by atoms with E-state index in [0.29, 0.717) is 50.0 Å². The molecule has 0 saturated heterocycles. The van der Waals surface area contributed by atoms with Gasteiger partial charge in [-0.3, -0.25) is 28.8 Å². The summed E-state index contributed by atoms with van der Waals surface area (Å²) in [6.45, 7) is 9.57. The minimum absolute atomic E-state index is 0.0863. The summed E-state index contributed by atoms with van der Waals surface area (Å²) >= 11 is 0. The Bertz CT molecular complexity index is 1660. The van der Waals surface area contributed by atoms with E-state index in [1.807, 2.05) is 0 Å². The van der Waals surface area contributed by atoms with E-state index in [-0.39, 0.29) is 75.9 Å². The highest BCUT2D eigenvalue weighted by molar-refractivity contribution is 5.82. The molecule has 0 radical (unpaired) electrons. The van der Waals surface area contributed by atoms with Crippen LogP contribution in [0.15, 0.2) is 73.8 Å². The van der Waals surface area contributed by atoms with Gasteiger partial charge in [0.1, 0.15) is 36.9 Å². The van der Waals surface area contributed by atoms with Gasteiger partial charge in [-0.1, -0.05) is 37.4 Å². The maximum absolute atomic E-state index is 12.9. The van der Waals surface area contributed by atoms with E-state index in [0.717, 1.165) is 23.3 Å². The summed E-state index contributed by atoms with van der Waals surface area (Å²) in [5.74, 6) is -4.39. The molecule has 0 spiro atoms. The number of rotatable bonds is 24. The fourth-order valence-corrected chi connectivity index (χ4v) is 5.66. The van der Waals surface area contributed by atoms with Gasteiger partial charge in [-0.05, 0) is 74.9 Å². The lowest BCUT2D eigenvalue weighted by molar-refractivity contribution is -0.156. The monoisotopic (exact) mass is 836 g/mol. The number of ether oxygens (including phenoxy) is 8. The van der Waals surface area contributed by atoms with Crippen molar-refractivity contribution in [1.29, 1.82) is 0 Å². The third kappa shape index (κ3) is 19.0. The predicted molar refractivity (Wildman–Crippen MR) is 211 cm³/mol. The first kappa shape index (κ1) is 48.1.